The third-order valence-electron chi connectivity index (χ3n) is 3.85. The van der Waals surface area contributed by atoms with Crippen LogP contribution < -0.4 is 15.4 Å². The molecule has 0 aliphatic heterocycles. The van der Waals surface area contributed by atoms with Crippen molar-refractivity contribution in [2.75, 3.05) is 17.7 Å². The first-order valence-corrected chi connectivity index (χ1v) is 8.20. The number of carbonyl (C=O) groups is 1. The van der Waals surface area contributed by atoms with Crippen LogP contribution in [0.1, 0.15) is 15.9 Å². The summed E-state index contributed by atoms with van der Waals surface area (Å²) in [5, 5.41) is 5.67. The molecule has 0 saturated carbocycles. The number of alkyl halides is 3. The van der Waals surface area contributed by atoms with Crippen LogP contribution in [0, 0.1) is 0 Å². The van der Waals surface area contributed by atoms with E-state index in [1.807, 2.05) is 0 Å². The van der Waals surface area contributed by atoms with Gasteiger partial charge in [0.1, 0.15) is 5.75 Å². The Labute approximate surface area is 159 Å². The number of benzene rings is 2. The van der Waals surface area contributed by atoms with Crippen LogP contribution in [0.15, 0.2) is 67.0 Å². The molecule has 0 bridgehead atoms. The molecule has 0 fully saturated rings. The summed E-state index contributed by atoms with van der Waals surface area (Å²) in [6.07, 6.45) is -1.52. The van der Waals surface area contributed by atoms with Gasteiger partial charge in [-0.2, -0.15) is 13.2 Å². The van der Waals surface area contributed by atoms with Gasteiger partial charge in [-0.15, -0.1) is 0 Å². The average Bonchev–Trinajstić information content (AvgIpc) is 2.68. The zero-order valence-electron chi connectivity index (χ0n) is 14.7. The molecule has 2 aromatic carbocycles. The maximum absolute atomic E-state index is 12.6. The van der Waals surface area contributed by atoms with E-state index in [2.05, 4.69) is 15.6 Å². The van der Waals surface area contributed by atoms with Crippen molar-refractivity contribution in [2.45, 2.75) is 6.18 Å². The van der Waals surface area contributed by atoms with Crippen LogP contribution in [0.4, 0.5) is 30.2 Å². The Hall–Kier alpha value is -3.55. The summed E-state index contributed by atoms with van der Waals surface area (Å²) in [6, 6.07) is 13.0. The van der Waals surface area contributed by atoms with Gasteiger partial charge in [-0.05, 0) is 54.6 Å². The molecule has 0 saturated heterocycles. The predicted octanol–water partition coefficient (Wildman–Crippen LogP) is 5.10. The van der Waals surface area contributed by atoms with Crippen LogP contribution in [-0.4, -0.2) is 18.0 Å². The average molecular weight is 387 g/mol. The molecule has 8 heteroatoms. The van der Waals surface area contributed by atoms with Crippen LogP contribution in [0.3, 0.4) is 0 Å². The largest absolute Gasteiger partial charge is 0.497 e. The summed E-state index contributed by atoms with van der Waals surface area (Å²) in [5.41, 5.74) is 1.08. The molecule has 144 valence electrons. The molecule has 0 aliphatic carbocycles. The van der Waals surface area contributed by atoms with E-state index in [1.54, 1.807) is 37.4 Å². The van der Waals surface area contributed by atoms with Crippen molar-refractivity contribution in [1.82, 2.24) is 4.98 Å². The number of rotatable bonds is 5. The van der Waals surface area contributed by atoms with Crippen LogP contribution in [-0.2, 0) is 6.18 Å². The fraction of sp³-hybridized carbons (Fsp3) is 0.100. The van der Waals surface area contributed by atoms with Crippen LogP contribution in [0.5, 0.6) is 5.75 Å². The molecule has 5 nitrogen and oxygen atoms in total. The summed E-state index contributed by atoms with van der Waals surface area (Å²) in [6.45, 7) is 0. The Bertz CT molecular complexity index is 956. The van der Waals surface area contributed by atoms with Crippen molar-refractivity contribution in [1.29, 1.82) is 0 Å². The minimum Gasteiger partial charge on any atom is -0.497 e. The first kappa shape index (κ1) is 19.2. The highest BCUT2D eigenvalue weighted by molar-refractivity contribution is 6.04. The summed E-state index contributed by atoms with van der Waals surface area (Å²) in [4.78, 5) is 16.4. The second kappa shape index (κ2) is 7.99. The van der Waals surface area contributed by atoms with Gasteiger partial charge in [0.15, 0.2) is 0 Å². The standard InChI is InChI=1S/C20H16F3N3O2/c1-28-18-8-6-16(7-9-18)26-19(27)13-10-17(12-24-11-13)25-15-4-2-14(3-5-15)20(21,22)23/h2-12,25H,1H3,(H,26,27). The highest BCUT2D eigenvalue weighted by Crippen LogP contribution is 2.30. The summed E-state index contributed by atoms with van der Waals surface area (Å²) in [7, 11) is 1.55. The number of amides is 1. The SMILES string of the molecule is COc1ccc(NC(=O)c2cncc(Nc3ccc(C(F)(F)F)cc3)c2)cc1. The quantitative estimate of drug-likeness (QED) is 0.639. The Morgan fingerprint density at radius 3 is 2.18 bits per heavy atom. The lowest BCUT2D eigenvalue weighted by Crippen LogP contribution is -2.12. The van der Waals surface area contributed by atoms with Gasteiger partial charge in [-0.25, -0.2) is 0 Å². The molecule has 3 rings (SSSR count). The Kier molecular flexibility index (Phi) is 5.49. The number of hydrogen-bond donors (Lipinski definition) is 2. The Morgan fingerprint density at radius 2 is 1.57 bits per heavy atom. The van der Waals surface area contributed by atoms with E-state index in [0.717, 1.165) is 12.1 Å². The van der Waals surface area contributed by atoms with Crippen molar-refractivity contribution >= 4 is 23.0 Å². The molecule has 28 heavy (non-hydrogen) atoms. The van der Waals surface area contributed by atoms with Crippen molar-refractivity contribution in [3.05, 3.63) is 78.1 Å². The first-order valence-electron chi connectivity index (χ1n) is 8.20. The van der Waals surface area contributed by atoms with Gasteiger partial charge in [0.2, 0.25) is 0 Å². The third-order valence-corrected chi connectivity index (χ3v) is 3.85. The van der Waals surface area contributed by atoms with E-state index in [4.69, 9.17) is 4.74 Å². The lowest BCUT2D eigenvalue weighted by molar-refractivity contribution is -0.137. The topological polar surface area (TPSA) is 63.2 Å². The molecule has 3 aromatic rings. The molecule has 0 unspecified atom stereocenters. The molecular formula is C20H16F3N3O2. The monoisotopic (exact) mass is 387 g/mol. The van der Waals surface area contributed by atoms with Gasteiger partial charge in [-0.3, -0.25) is 9.78 Å². The van der Waals surface area contributed by atoms with Crippen molar-refractivity contribution < 1.29 is 22.7 Å². The van der Waals surface area contributed by atoms with E-state index in [9.17, 15) is 18.0 Å². The van der Waals surface area contributed by atoms with E-state index < -0.39 is 11.7 Å². The molecule has 0 aliphatic rings. The lowest BCUT2D eigenvalue weighted by atomic mass is 10.2. The summed E-state index contributed by atoms with van der Waals surface area (Å²) in [5.74, 6) is 0.302. The highest BCUT2D eigenvalue weighted by atomic mass is 19.4. The maximum atomic E-state index is 12.6. The minimum atomic E-state index is -4.39. The number of anilines is 3. The summed E-state index contributed by atoms with van der Waals surface area (Å²) >= 11 is 0. The smallest absolute Gasteiger partial charge is 0.416 e. The van der Waals surface area contributed by atoms with Crippen molar-refractivity contribution in [3.63, 3.8) is 0 Å². The number of aromatic nitrogens is 1. The number of hydrogen-bond acceptors (Lipinski definition) is 4. The maximum Gasteiger partial charge on any atom is 0.416 e. The molecule has 1 amide bonds. The van der Waals surface area contributed by atoms with Crippen LogP contribution in [0.2, 0.25) is 0 Å². The number of ether oxygens (including phenoxy) is 1. The molecule has 0 spiro atoms. The van der Waals surface area contributed by atoms with Crippen molar-refractivity contribution in [3.8, 4) is 5.75 Å². The van der Waals surface area contributed by atoms with E-state index in [0.29, 0.717) is 28.4 Å². The van der Waals surface area contributed by atoms with Gasteiger partial charge in [0.05, 0.1) is 30.1 Å². The second-order valence-electron chi connectivity index (χ2n) is 5.85. The van der Waals surface area contributed by atoms with E-state index in [-0.39, 0.29) is 5.91 Å². The van der Waals surface area contributed by atoms with Crippen LogP contribution in [0.25, 0.3) is 0 Å². The number of methoxy groups -OCH3 is 1. The number of nitrogens with zero attached hydrogens (tertiary/aromatic N) is 1. The van der Waals surface area contributed by atoms with Crippen LogP contribution >= 0.6 is 0 Å². The minimum absolute atomic E-state index is 0.299. The highest BCUT2D eigenvalue weighted by Gasteiger charge is 2.29. The number of halogens is 3. The fourth-order valence-corrected chi connectivity index (χ4v) is 2.42. The molecular weight excluding hydrogens is 371 g/mol. The first-order chi connectivity index (χ1) is 13.3. The zero-order chi connectivity index (χ0) is 20.1. The Morgan fingerprint density at radius 1 is 0.929 bits per heavy atom. The van der Waals surface area contributed by atoms with Gasteiger partial charge in [0.25, 0.3) is 5.91 Å². The fourth-order valence-electron chi connectivity index (χ4n) is 2.42. The van der Waals surface area contributed by atoms with Crippen molar-refractivity contribution in [2.24, 2.45) is 0 Å². The van der Waals surface area contributed by atoms with Gasteiger partial charge in [0, 0.05) is 17.6 Å². The molecule has 0 radical (unpaired) electrons. The van der Waals surface area contributed by atoms with Gasteiger partial charge < -0.3 is 15.4 Å². The number of pyridine rings is 1. The predicted molar refractivity (Wildman–Crippen MR) is 99.9 cm³/mol. The number of carbonyl (C=O) groups excluding carboxylic acids is 1. The lowest BCUT2D eigenvalue weighted by Gasteiger charge is -2.10. The summed E-state index contributed by atoms with van der Waals surface area (Å²) < 4.78 is 42.9. The van der Waals surface area contributed by atoms with Gasteiger partial charge in [-0.1, -0.05) is 0 Å². The van der Waals surface area contributed by atoms with E-state index >= 15 is 0 Å². The molecule has 0 atom stereocenters. The van der Waals surface area contributed by atoms with Gasteiger partial charge >= 0.3 is 6.18 Å². The Balaban J connectivity index is 1.70. The molecule has 2 N–H and O–H groups in total. The normalized spacial score (nSPS) is 11.0. The molecule has 1 aromatic heterocycles. The third kappa shape index (κ3) is 4.79. The molecule has 1 heterocycles. The zero-order valence-corrected chi connectivity index (χ0v) is 14.7. The number of nitrogens with one attached hydrogen (secondary N) is 2. The second-order valence-corrected chi connectivity index (χ2v) is 5.85. The van der Waals surface area contributed by atoms with E-state index in [1.165, 1.54) is 24.5 Å².